The number of aliphatic hydroxyl groups is 1. The minimum atomic E-state index is -4.96. The topological polar surface area (TPSA) is 237 Å². The number of aliphatic hydroxyl groups excluding tert-OH is 1. The average Bonchev–Trinajstić information content (AvgIpc) is 1.36. The van der Waals surface area contributed by atoms with Crippen molar-refractivity contribution in [2.75, 3.05) is 39.6 Å². The summed E-state index contributed by atoms with van der Waals surface area (Å²) in [5.41, 5.74) is 0. The molecule has 0 bridgehead atoms. The van der Waals surface area contributed by atoms with Crippen LogP contribution in [0.25, 0.3) is 0 Å². The third-order valence-corrected chi connectivity index (χ3v) is 21.1. The Morgan fingerprint density at radius 1 is 0.267 bits per heavy atom. The van der Waals surface area contributed by atoms with Crippen LogP contribution in [0.2, 0.25) is 0 Å². The Hall–Kier alpha value is -1.94. The number of esters is 4. The van der Waals surface area contributed by atoms with Crippen molar-refractivity contribution >= 4 is 39.5 Å². The quantitative estimate of drug-likeness (QED) is 0.0222. The van der Waals surface area contributed by atoms with Gasteiger partial charge >= 0.3 is 39.5 Å². The number of hydrogen-bond acceptors (Lipinski definition) is 15. The van der Waals surface area contributed by atoms with Crippen LogP contribution in [0.1, 0.15) is 433 Å². The monoisotopic (exact) mass is 1480 g/mol. The van der Waals surface area contributed by atoms with Crippen molar-refractivity contribution in [1.82, 2.24) is 0 Å². The molecule has 0 aliphatic rings. The summed E-state index contributed by atoms with van der Waals surface area (Å²) in [7, 11) is -9.92. The molecule has 0 fully saturated rings. The van der Waals surface area contributed by atoms with E-state index in [-0.39, 0.29) is 25.7 Å². The van der Waals surface area contributed by atoms with Gasteiger partial charge in [-0.1, -0.05) is 382 Å². The zero-order valence-corrected chi connectivity index (χ0v) is 68.0. The second kappa shape index (κ2) is 73.6. The molecule has 0 spiro atoms. The SMILES string of the molecule is CCCCCCCCCCCCCCCCCCCCCC(=O)OC[C@H](COP(=O)(O)OC[C@@H](O)COP(=O)(O)OC[C@@H](COC(=O)CCCCCCCCCCC)OC(=O)CCCCCCCCCCCCCC(C)C)OC(=O)CCCCCCCCCCCCCCCCCCC(C)C. The van der Waals surface area contributed by atoms with Crippen LogP contribution in [-0.2, 0) is 65.4 Å². The summed E-state index contributed by atoms with van der Waals surface area (Å²) >= 11 is 0. The van der Waals surface area contributed by atoms with E-state index in [0.29, 0.717) is 25.7 Å². The van der Waals surface area contributed by atoms with Crippen LogP contribution < -0.4 is 0 Å². The molecule has 0 saturated carbocycles. The van der Waals surface area contributed by atoms with Crippen LogP contribution in [0.4, 0.5) is 0 Å². The maximum atomic E-state index is 13.1. The number of rotatable bonds is 81. The molecule has 0 aliphatic heterocycles. The van der Waals surface area contributed by atoms with Crippen LogP contribution in [0.15, 0.2) is 0 Å². The third kappa shape index (κ3) is 76.1. The number of carbonyl (C=O) groups is 4. The molecule has 0 heterocycles. The third-order valence-electron chi connectivity index (χ3n) is 19.2. The zero-order chi connectivity index (χ0) is 74.2. The van der Waals surface area contributed by atoms with Gasteiger partial charge in [0.2, 0.25) is 0 Å². The summed E-state index contributed by atoms with van der Waals surface area (Å²) in [6.07, 6.45) is 63.9. The maximum absolute atomic E-state index is 13.1. The molecule has 3 N–H and O–H groups in total. The van der Waals surface area contributed by atoms with Crippen molar-refractivity contribution in [2.24, 2.45) is 11.8 Å². The van der Waals surface area contributed by atoms with Gasteiger partial charge in [-0.2, -0.15) is 0 Å². The van der Waals surface area contributed by atoms with Crippen molar-refractivity contribution in [3.05, 3.63) is 0 Å². The van der Waals surface area contributed by atoms with E-state index in [1.54, 1.807) is 0 Å². The average molecular weight is 1480 g/mol. The Labute approximate surface area is 619 Å². The molecule has 0 aliphatic carbocycles. The van der Waals surface area contributed by atoms with Gasteiger partial charge in [-0.15, -0.1) is 0 Å². The molecule has 0 aromatic rings. The summed E-state index contributed by atoms with van der Waals surface area (Å²) in [4.78, 5) is 73.0. The van der Waals surface area contributed by atoms with E-state index in [1.807, 2.05) is 0 Å². The summed E-state index contributed by atoms with van der Waals surface area (Å²) in [6.45, 7) is 9.66. The van der Waals surface area contributed by atoms with E-state index < -0.39 is 97.5 Å². The molecule has 17 nitrogen and oxygen atoms in total. The van der Waals surface area contributed by atoms with Gasteiger partial charge in [0.15, 0.2) is 12.2 Å². The maximum Gasteiger partial charge on any atom is 0.472 e. The van der Waals surface area contributed by atoms with E-state index in [4.69, 9.17) is 37.0 Å². The van der Waals surface area contributed by atoms with Gasteiger partial charge < -0.3 is 33.8 Å². The lowest BCUT2D eigenvalue weighted by atomic mass is 10.0. The molecule has 0 amide bonds. The molecule has 19 heteroatoms. The van der Waals surface area contributed by atoms with Crippen molar-refractivity contribution in [2.45, 2.75) is 452 Å². The van der Waals surface area contributed by atoms with Crippen molar-refractivity contribution < 1.29 is 80.2 Å². The highest BCUT2D eigenvalue weighted by molar-refractivity contribution is 7.47. The standard InChI is InChI=1S/C82H160O17P2/c1-7-9-11-13-15-17-18-19-20-21-22-23-27-30-35-41-47-53-59-65-80(85)93-71-78(99-81(86)66-60-54-48-42-36-31-28-25-24-26-29-33-39-44-50-56-62-74(3)4)73-97-101(90,91)95-69-76(83)68-94-100(88,89)96-72-77(70-92-79(84)64-58-52-46-38-16-14-12-10-8-2)98-82(87)67-61-55-49-43-37-32-34-40-45-51-57-63-75(5)6/h74-78,83H,7-73H2,1-6H3,(H,88,89)(H,90,91)/t76-,77+,78+/m0/s1. The van der Waals surface area contributed by atoms with Gasteiger partial charge in [0, 0.05) is 25.7 Å². The normalized spacial score (nSPS) is 13.9. The number of phosphoric acid groups is 2. The van der Waals surface area contributed by atoms with Gasteiger partial charge in [0.05, 0.1) is 26.4 Å². The second-order valence-corrected chi connectivity index (χ2v) is 33.4. The molecular formula is C82H160O17P2. The van der Waals surface area contributed by atoms with Gasteiger partial charge in [0.25, 0.3) is 0 Å². The van der Waals surface area contributed by atoms with Crippen molar-refractivity contribution in [3.63, 3.8) is 0 Å². The molecule has 0 rings (SSSR count). The number of hydrogen-bond donors (Lipinski definition) is 3. The Bertz CT molecular complexity index is 1940. The first-order chi connectivity index (χ1) is 48.9. The lowest BCUT2D eigenvalue weighted by Gasteiger charge is -2.21. The van der Waals surface area contributed by atoms with Crippen LogP contribution in [0.3, 0.4) is 0 Å². The summed E-state index contributed by atoms with van der Waals surface area (Å²) < 4.78 is 68.7. The highest BCUT2D eigenvalue weighted by atomic mass is 31.2. The highest BCUT2D eigenvalue weighted by Gasteiger charge is 2.30. The largest absolute Gasteiger partial charge is 0.472 e. The Morgan fingerprint density at radius 2 is 0.455 bits per heavy atom. The van der Waals surface area contributed by atoms with Gasteiger partial charge in [0.1, 0.15) is 19.3 Å². The van der Waals surface area contributed by atoms with E-state index in [2.05, 4.69) is 41.5 Å². The molecule has 0 aromatic carbocycles. The van der Waals surface area contributed by atoms with Crippen LogP contribution >= 0.6 is 15.6 Å². The van der Waals surface area contributed by atoms with Crippen molar-refractivity contribution in [3.8, 4) is 0 Å². The Balaban J connectivity index is 5.21. The minimum Gasteiger partial charge on any atom is -0.462 e. The minimum absolute atomic E-state index is 0.107. The molecule has 0 saturated heterocycles. The first-order valence-corrected chi connectivity index (χ1v) is 45.5. The summed E-state index contributed by atoms with van der Waals surface area (Å²) in [6, 6.07) is 0. The lowest BCUT2D eigenvalue weighted by Crippen LogP contribution is -2.30. The van der Waals surface area contributed by atoms with Crippen LogP contribution in [-0.4, -0.2) is 96.7 Å². The Morgan fingerprint density at radius 3 is 0.673 bits per heavy atom. The van der Waals surface area contributed by atoms with E-state index in [1.165, 1.54) is 250 Å². The van der Waals surface area contributed by atoms with Crippen molar-refractivity contribution in [1.29, 1.82) is 0 Å². The second-order valence-electron chi connectivity index (χ2n) is 30.5. The smallest absolute Gasteiger partial charge is 0.462 e. The number of phosphoric ester groups is 2. The first kappa shape index (κ1) is 99.1. The van der Waals surface area contributed by atoms with E-state index in [9.17, 15) is 43.2 Å². The predicted molar refractivity (Wildman–Crippen MR) is 414 cm³/mol. The fourth-order valence-corrected chi connectivity index (χ4v) is 14.3. The van der Waals surface area contributed by atoms with Crippen LogP contribution in [0, 0.1) is 11.8 Å². The van der Waals surface area contributed by atoms with Gasteiger partial charge in [-0.05, 0) is 37.5 Å². The van der Waals surface area contributed by atoms with E-state index >= 15 is 0 Å². The molecule has 0 radical (unpaired) electrons. The fraction of sp³-hybridized carbons (Fsp3) is 0.951. The van der Waals surface area contributed by atoms with Gasteiger partial charge in [-0.25, -0.2) is 9.13 Å². The highest BCUT2D eigenvalue weighted by Crippen LogP contribution is 2.45. The number of ether oxygens (including phenoxy) is 4. The Kier molecular flexibility index (Phi) is 72.2. The van der Waals surface area contributed by atoms with Crippen LogP contribution in [0.5, 0.6) is 0 Å². The molecule has 0 aromatic heterocycles. The lowest BCUT2D eigenvalue weighted by molar-refractivity contribution is -0.161. The fourth-order valence-electron chi connectivity index (χ4n) is 12.7. The molecule has 101 heavy (non-hydrogen) atoms. The summed E-state index contributed by atoms with van der Waals surface area (Å²) in [5, 5.41) is 10.6. The predicted octanol–water partition coefficient (Wildman–Crippen LogP) is 24.7. The number of carbonyl (C=O) groups excluding carboxylic acids is 4. The molecule has 600 valence electrons. The van der Waals surface area contributed by atoms with Gasteiger partial charge in [-0.3, -0.25) is 37.3 Å². The first-order valence-electron chi connectivity index (χ1n) is 42.5. The molecule has 5 atom stereocenters. The summed E-state index contributed by atoms with van der Waals surface area (Å²) in [5.74, 6) is -0.534. The van der Waals surface area contributed by atoms with E-state index in [0.717, 1.165) is 102 Å². The number of unbranched alkanes of at least 4 members (excludes halogenated alkanes) is 51. The molecular weight excluding hydrogens is 1320 g/mol. The molecule has 2 unspecified atom stereocenters. The zero-order valence-electron chi connectivity index (χ0n) is 66.2.